The van der Waals surface area contributed by atoms with Gasteiger partial charge in [-0.25, -0.2) is 0 Å². The van der Waals surface area contributed by atoms with E-state index >= 15 is 0 Å². The molecule has 1 fully saturated rings. The van der Waals surface area contributed by atoms with E-state index in [9.17, 15) is 4.79 Å². The molecule has 1 nitrogen and oxygen atoms in total. The quantitative estimate of drug-likeness (QED) is 0.653. The molecule has 0 N–H and O–H groups in total. The number of fused-ring (bicyclic) bond motifs is 1. The van der Waals surface area contributed by atoms with Crippen molar-refractivity contribution in [1.82, 2.24) is 0 Å². The molecule has 0 aromatic heterocycles. The van der Waals surface area contributed by atoms with E-state index in [2.05, 4.69) is 34.6 Å². The van der Waals surface area contributed by atoms with Crippen molar-refractivity contribution in [3.8, 4) is 0 Å². The van der Waals surface area contributed by atoms with Crippen LogP contribution >= 0.6 is 0 Å². The van der Waals surface area contributed by atoms with Gasteiger partial charge >= 0.3 is 0 Å². The molecule has 1 saturated carbocycles. The van der Waals surface area contributed by atoms with Crippen LogP contribution in [0.3, 0.4) is 0 Å². The van der Waals surface area contributed by atoms with Crippen molar-refractivity contribution in [2.45, 2.75) is 53.9 Å². The minimum Gasteiger partial charge on any atom is -0.294 e. The first-order chi connectivity index (χ1) is 7.29. The number of allylic oxidation sites excluding steroid dienone is 2. The minimum absolute atomic E-state index is 0.146. The molecule has 0 aromatic carbocycles. The molecule has 1 heteroatoms. The Hall–Kier alpha value is -0.590. The largest absolute Gasteiger partial charge is 0.294 e. The normalized spacial score (nSPS) is 37.5. The summed E-state index contributed by atoms with van der Waals surface area (Å²) in [4.78, 5) is 12.3. The molecule has 2 aliphatic carbocycles. The summed E-state index contributed by atoms with van der Waals surface area (Å²) in [6, 6.07) is 0. The Morgan fingerprint density at radius 1 is 1.25 bits per heavy atom. The third kappa shape index (κ3) is 1.48. The first kappa shape index (κ1) is 11.9. The van der Waals surface area contributed by atoms with E-state index in [4.69, 9.17) is 0 Å². The van der Waals surface area contributed by atoms with Gasteiger partial charge in [-0.1, -0.05) is 46.6 Å². The predicted molar refractivity (Wildman–Crippen MR) is 67.2 cm³/mol. The van der Waals surface area contributed by atoms with Gasteiger partial charge in [0.1, 0.15) is 0 Å². The standard InChI is InChI=1S/C15H24O/c1-10(2)11-9-12(16)13-14(3,4)7-6-8-15(11,13)5/h9-10,13H,6-8H2,1-5H3/t13-,15-/m0/s1. The third-order valence-corrected chi connectivity index (χ3v) is 4.80. The molecule has 16 heavy (non-hydrogen) atoms. The summed E-state index contributed by atoms with van der Waals surface area (Å²) in [7, 11) is 0. The zero-order chi connectivity index (χ0) is 12.1. The van der Waals surface area contributed by atoms with Crippen LogP contribution in [-0.4, -0.2) is 5.78 Å². The molecule has 0 saturated heterocycles. The van der Waals surface area contributed by atoms with E-state index in [0.29, 0.717) is 11.7 Å². The van der Waals surface area contributed by atoms with Gasteiger partial charge in [-0.15, -0.1) is 0 Å². The average molecular weight is 220 g/mol. The Morgan fingerprint density at radius 3 is 2.44 bits per heavy atom. The number of hydrogen-bond acceptors (Lipinski definition) is 1. The SMILES string of the molecule is CC(C)C1=CC(=O)[C@H]2C(C)(C)CCC[C@@]12C. The summed E-state index contributed by atoms with van der Waals surface area (Å²) in [5, 5.41) is 0. The highest BCUT2D eigenvalue weighted by Crippen LogP contribution is 2.59. The number of hydrogen-bond donors (Lipinski definition) is 0. The fourth-order valence-corrected chi connectivity index (χ4v) is 4.30. The van der Waals surface area contributed by atoms with Crippen LogP contribution in [-0.2, 0) is 4.79 Å². The van der Waals surface area contributed by atoms with Gasteiger partial charge in [0.15, 0.2) is 5.78 Å². The molecule has 2 rings (SSSR count). The minimum atomic E-state index is 0.146. The van der Waals surface area contributed by atoms with Gasteiger partial charge in [0.05, 0.1) is 0 Å². The smallest absolute Gasteiger partial charge is 0.160 e. The lowest BCUT2D eigenvalue weighted by Crippen LogP contribution is -2.44. The van der Waals surface area contributed by atoms with Crippen LogP contribution < -0.4 is 0 Å². The predicted octanol–water partition coefficient (Wildman–Crippen LogP) is 3.98. The van der Waals surface area contributed by atoms with Gasteiger partial charge in [-0.3, -0.25) is 4.79 Å². The number of carbonyl (C=O) groups excluding carboxylic acids is 1. The van der Waals surface area contributed by atoms with Crippen LogP contribution in [0.4, 0.5) is 0 Å². The molecule has 2 atom stereocenters. The van der Waals surface area contributed by atoms with Crippen molar-refractivity contribution in [2.75, 3.05) is 0 Å². The van der Waals surface area contributed by atoms with Gasteiger partial charge in [-0.2, -0.15) is 0 Å². The summed E-state index contributed by atoms with van der Waals surface area (Å²) in [5.74, 6) is 1.12. The molecule has 0 aliphatic heterocycles. The Balaban J connectivity index is 2.45. The van der Waals surface area contributed by atoms with Crippen molar-refractivity contribution in [1.29, 1.82) is 0 Å². The topological polar surface area (TPSA) is 17.1 Å². The molecule has 0 aromatic rings. The molecule has 0 spiro atoms. The molecule has 90 valence electrons. The Bertz CT molecular complexity index is 348. The van der Waals surface area contributed by atoms with Crippen LogP contribution in [0.2, 0.25) is 0 Å². The molecular weight excluding hydrogens is 196 g/mol. The third-order valence-electron chi connectivity index (χ3n) is 4.80. The van der Waals surface area contributed by atoms with Crippen LogP contribution in [0.5, 0.6) is 0 Å². The molecule has 0 radical (unpaired) electrons. The Kier molecular flexibility index (Phi) is 2.56. The molecule has 0 unspecified atom stereocenters. The monoisotopic (exact) mass is 220 g/mol. The maximum atomic E-state index is 12.3. The molecule has 0 bridgehead atoms. The molecule has 2 aliphatic rings. The van der Waals surface area contributed by atoms with Crippen molar-refractivity contribution in [3.63, 3.8) is 0 Å². The summed E-state index contributed by atoms with van der Waals surface area (Å²) >= 11 is 0. The lowest BCUT2D eigenvalue weighted by atomic mass is 9.55. The van der Waals surface area contributed by atoms with Gasteiger partial charge in [0.2, 0.25) is 0 Å². The number of ketones is 1. The Labute approximate surface area is 99.3 Å². The van der Waals surface area contributed by atoms with Crippen LogP contribution in [0.25, 0.3) is 0 Å². The summed E-state index contributed by atoms with van der Waals surface area (Å²) in [6.07, 6.45) is 5.61. The maximum Gasteiger partial charge on any atom is 0.160 e. The summed E-state index contributed by atoms with van der Waals surface area (Å²) < 4.78 is 0. The van der Waals surface area contributed by atoms with Crippen LogP contribution in [0.1, 0.15) is 53.9 Å². The highest BCUT2D eigenvalue weighted by Gasteiger charge is 2.55. The fourth-order valence-electron chi connectivity index (χ4n) is 4.30. The summed E-state index contributed by atoms with van der Waals surface area (Å²) in [6.45, 7) is 11.3. The maximum absolute atomic E-state index is 12.3. The van der Waals surface area contributed by atoms with Crippen molar-refractivity contribution >= 4 is 5.78 Å². The van der Waals surface area contributed by atoms with E-state index in [1.165, 1.54) is 24.8 Å². The van der Waals surface area contributed by atoms with E-state index in [0.717, 1.165) is 0 Å². The Morgan fingerprint density at radius 2 is 1.88 bits per heavy atom. The molecule has 0 amide bonds. The van der Waals surface area contributed by atoms with Crippen LogP contribution in [0.15, 0.2) is 11.6 Å². The van der Waals surface area contributed by atoms with E-state index in [1.54, 1.807) is 0 Å². The van der Waals surface area contributed by atoms with Crippen molar-refractivity contribution in [3.05, 3.63) is 11.6 Å². The average Bonchev–Trinajstić information content (AvgIpc) is 2.38. The highest BCUT2D eigenvalue weighted by atomic mass is 16.1. The second-order valence-electron chi connectivity index (χ2n) is 6.85. The van der Waals surface area contributed by atoms with Gasteiger partial charge in [0.25, 0.3) is 0 Å². The van der Waals surface area contributed by atoms with Crippen molar-refractivity contribution < 1.29 is 4.79 Å². The zero-order valence-electron chi connectivity index (χ0n) is 11.3. The second-order valence-corrected chi connectivity index (χ2v) is 6.85. The number of rotatable bonds is 1. The fraction of sp³-hybridized carbons (Fsp3) is 0.800. The lowest BCUT2D eigenvalue weighted by Gasteiger charge is -2.48. The van der Waals surface area contributed by atoms with Crippen molar-refractivity contribution in [2.24, 2.45) is 22.7 Å². The van der Waals surface area contributed by atoms with E-state index in [-0.39, 0.29) is 16.7 Å². The van der Waals surface area contributed by atoms with Gasteiger partial charge in [0, 0.05) is 5.92 Å². The first-order valence-corrected chi connectivity index (χ1v) is 6.55. The summed E-state index contributed by atoms with van der Waals surface area (Å²) in [5.41, 5.74) is 1.72. The van der Waals surface area contributed by atoms with E-state index in [1.807, 2.05) is 6.08 Å². The lowest BCUT2D eigenvalue weighted by molar-refractivity contribution is -0.126. The second kappa shape index (κ2) is 3.45. The molecule has 0 heterocycles. The first-order valence-electron chi connectivity index (χ1n) is 6.55. The highest BCUT2D eigenvalue weighted by molar-refractivity contribution is 5.97. The molecular formula is C15H24O. The van der Waals surface area contributed by atoms with E-state index < -0.39 is 0 Å². The number of carbonyl (C=O) groups is 1. The van der Waals surface area contributed by atoms with Gasteiger partial charge in [-0.05, 0) is 35.7 Å². The van der Waals surface area contributed by atoms with Gasteiger partial charge < -0.3 is 0 Å². The van der Waals surface area contributed by atoms with Crippen LogP contribution in [0, 0.1) is 22.7 Å². The zero-order valence-corrected chi connectivity index (χ0v) is 11.3.